The lowest BCUT2D eigenvalue weighted by Crippen LogP contribution is -2.48. The predicted molar refractivity (Wildman–Crippen MR) is 141 cm³/mol. The lowest BCUT2D eigenvalue weighted by atomic mass is 9.84. The minimum Gasteiger partial charge on any atom is -0.493 e. The summed E-state index contributed by atoms with van der Waals surface area (Å²) in [7, 11) is 2.83. The van der Waals surface area contributed by atoms with Gasteiger partial charge in [0.05, 0.1) is 19.8 Å². The van der Waals surface area contributed by atoms with Crippen molar-refractivity contribution in [2.45, 2.75) is 17.9 Å². The molecule has 3 aromatic carbocycles. The van der Waals surface area contributed by atoms with Crippen LogP contribution in [0.25, 0.3) is 0 Å². The van der Waals surface area contributed by atoms with E-state index in [4.69, 9.17) is 20.6 Å². The molecule has 2 atom stereocenters. The molecule has 0 spiro atoms. The van der Waals surface area contributed by atoms with Gasteiger partial charge in [0.2, 0.25) is 5.66 Å². The number of urea groups is 1. The second-order valence-electron chi connectivity index (χ2n) is 8.80. The second kappa shape index (κ2) is 11.6. The summed E-state index contributed by atoms with van der Waals surface area (Å²) < 4.78 is 53.5. The molecule has 0 bridgehead atoms. The van der Waals surface area contributed by atoms with Crippen LogP contribution in [0.3, 0.4) is 0 Å². The molecule has 1 aliphatic rings. The normalized spacial score (nSPS) is 16.7. The van der Waals surface area contributed by atoms with Crippen LogP contribution in [-0.2, 0) is 15.2 Å². The molecule has 4 rings (SSSR count). The van der Waals surface area contributed by atoms with Crippen LogP contribution in [0.15, 0.2) is 77.0 Å². The Hall–Kier alpha value is -5.47. The molecule has 1 heterocycles. The number of hydrogen-bond acceptors (Lipinski definition) is 9. The van der Waals surface area contributed by atoms with Crippen molar-refractivity contribution in [2.24, 2.45) is 16.0 Å². The topological polar surface area (TPSA) is 178 Å². The maximum Gasteiger partial charge on any atom is 0.491 e. The van der Waals surface area contributed by atoms with Gasteiger partial charge in [-0.1, -0.05) is 29.4 Å². The van der Waals surface area contributed by atoms with Gasteiger partial charge in [0.15, 0.2) is 11.5 Å². The summed E-state index contributed by atoms with van der Waals surface area (Å²) in [6.45, 7) is 0. The summed E-state index contributed by atoms with van der Waals surface area (Å²) in [6, 6.07) is 14.3. The molecular weight excluding hydrogens is 561 g/mol. The molecule has 2 unspecified atom stereocenters. The third kappa shape index (κ3) is 5.84. The Labute approximate surface area is 236 Å². The van der Waals surface area contributed by atoms with Crippen molar-refractivity contribution in [3.05, 3.63) is 89.0 Å². The Balaban J connectivity index is 1.91. The smallest absolute Gasteiger partial charge is 0.491 e. The number of carbonyl (C=O) groups is 3. The minimum absolute atomic E-state index is 0.132. The monoisotopic (exact) mass is 584 g/mol. The van der Waals surface area contributed by atoms with Gasteiger partial charge in [0.25, 0.3) is 0 Å². The molecule has 3 aromatic rings. The zero-order chi connectivity index (χ0) is 30.7. The van der Waals surface area contributed by atoms with Crippen molar-refractivity contribution in [1.29, 1.82) is 5.41 Å². The molecule has 0 aliphatic carbocycles. The van der Waals surface area contributed by atoms with Crippen LogP contribution >= 0.6 is 0 Å². The number of hydrogen-bond donors (Lipinski definition) is 4. The van der Waals surface area contributed by atoms with Gasteiger partial charge >= 0.3 is 24.1 Å². The fourth-order valence-corrected chi connectivity index (χ4v) is 4.31. The van der Waals surface area contributed by atoms with Gasteiger partial charge in [-0.15, -0.1) is 5.11 Å². The fourth-order valence-electron chi connectivity index (χ4n) is 4.31. The van der Waals surface area contributed by atoms with E-state index in [2.05, 4.69) is 25.6 Å². The summed E-state index contributed by atoms with van der Waals surface area (Å²) in [5, 5.41) is 21.2. The Bertz CT molecular complexity index is 1580. The molecule has 15 heteroatoms. The van der Waals surface area contributed by atoms with Crippen LogP contribution < -0.4 is 25.8 Å². The van der Waals surface area contributed by atoms with Gasteiger partial charge in [-0.3, -0.25) is 5.41 Å². The van der Waals surface area contributed by atoms with Gasteiger partial charge in [-0.25, -0.2) is 14.4 Å². The van der Waals surface area contributed by atoms with Gasteiger partial charge in [0.1, 0.15) is 11.9 Å². The van der Waals surface area contributed by atoms with Gasteiger partial charge < -0.3 is 30.6 Å². The maximum absolute atomic E-state index is 12.9. The number of ether oxygens (including phenoxy) is 3. The SMILES string of the molecule is COc1ccc(C(Nc2ccc(C(=N)N)cc2)C2(c3ccccc3C(=O)OC(=O)C(F)(F)F)N=NC(=O)N2)cc1OC. The minimum atomic E-state index is -5.43. The molecule has 0 fully saturated rings. The molecule has 12 nitrogen and oxygen atoms in total. The van der Waals surface area contributed by atoms with Crippen molar-refractivity contribution in [3.8, 4) is 11.5 Å². The lowest BCUT2D eigenvalue weighted by molar-refractivity contribution is -0.193. The highest BCUT2D eigenvalue weighted by molar-refractivity contribution is 5.99. The van der Waals surface area contributed by atoms with Gasteiger partial charge in [0, 0.05) is 16.8 Å². The Morgan fingerprint density at radius 3 is 2.26 bits per heavy atom. The van der Waals surface area contributed by atoms with E-state index < -0.39 is 41.4 Å². The standard InChI is InChI=1S/C27H23F3N6O6/c1-40-19-12-9-15(13-20(19)41-2)21(33-16-10-7-14(8-11-16)22(31)32)26(34-25(39)35-36-26)18-6-4-3-5-17(18)23(37)42-24(38)27(28,29)30/h3-13,21,33H,1-2H3,(H3,31,32)(H,34,39). The number of amides is 2. The van der Waals surface area contributed by atoms with E-state index in [1.165, 1.54) is 32.4 Å². The Morgan fingerprint density at radius 1 is 1.02 bits per heavy atom. The average Bonchev–Trinajstić information content (AvgIpc) is 3.37. The van der Waals surface area contributed by atoms with Crippen molar-refractivity contribution in [1.82, 2.24) is 5.32 Å². The zero-order valence-corrected chi connectivity index (χ0v) is 22.0. The van der Waals surface area contributed by atoms with Crippen molar-refractivity contribution < 1.29 is 41.8 Å². The molecule has 0 saturated carbocycles. The van der Waals surface area contributed by atoms with Gasteiger partial charge in [-0.2, -0.15) is 13.2 Å². The number of rotatable bonds is 9. The molecular formula is C27H23F3N6O6. The number of amidine groups is 1. The van der Waals surface area contributed by atoms with Crippen molar-refractivity contribution in [3.63, 3.8) is 0 Å². The number of nitrogens with two attached hydrogens (primary N) is 1. The first-order valence-corrected chi connectivity index (χ1v) is 12.0. The fraction of sp³-hybridized carbons (Fsp3) is 0.185. The number of alkyl halides is 3. The van der Waals surface area contributed by atoms with E-state index in [0.29, 0.717) is 22.6 Å². The van der Waals surface area contributed by atoms with Crippen LogP contribution in [0.4, 0.5) is 23.7 Å². The van der Waals surface area contributed by atoms with Crippen molar-refractivity contribution in [2.75, 3.05) is 19.5 Å². The number of halogens is 3. The number of anilines is 1. The van der Waals surface area contributed by atoms with Crippen LogP contribution in [0.5, 0.6) is 11.5 Å². The maximum atomic E-state index is 12.9. The number of nitrogens with one attached hydrogen (secondary N) is 3. The number of nitrogens with zero attached hydrogens (tertiary/aromatic N) is 2. The quantitative estimate of drug-likeness (QED) is 0.124. The number of carbonyl (C=O) groups excluding carboxylic acids is 3. The van der Waals surface area contributed by atoms with Gasteiger partial charge in [-0.05, 0) is 48.0 Å². The number of azo groups is 1. The number of nitrogen functional groups attached to an aromatic ring is 1. The Morgan fingerprint density at radius 2 is 1.69 bits per heavy atom. The highest BCUT2D eigenvalue weighted by Gasteiger charge is 2.50. The molecule has 0 aromatic heterocycles. The molecule has 218 valence electrons. The highest BCUT2D eigenvalue weighted by atomic mass is 19.4. The third-order valence-corrected chi connectivity index (χ3v) is 6.24. The average molecular weight is 585 g/mol. The summed E-state index contributed by atoms with van der Waals surface area (Å²) in [4.78, 5) is 36.9. The third-order valence-electron chi connectivity index (χ3n) is 6.24. The summed E-state index contributed by atoms with van der Waals surface area (Å²) in [5.41, 5.74) is 4.23. The van der Waals surface area contributed by atoms with E-state index in [9.17, 15) is 27.6 Å². The van der Waals surface area contributed by atoms with Crippen LogP contribution in [0.2, 0.25) is 0 Å². The molecule has 0 radical (unpaired) electrons. The zero-order valence-electron chi connectivity index (χ0n) is 22.0. The molecule has 5 N–H and O–H groups in total. The first kappa shape index (κ1) is 29.5. The van der Waals surface area contributed by atoms with E-state index >= 15 is 0 Å². The number of methoxy groups -OCH3 is 2. The van der Waals surface area contributed by atoms with Crippen LogP contribution in [0, 0.1) is 5.41 Å². The molecule has 1 aliphatic heterocycles. The van der Waals surface area contributed by atoms with E-state index in [1.54, 1.807) is 42.5 Å². The van der Waals surface area contributed by atoms with E-state index in [-0.39, 0.29) is 17.1 Å². The summed E-state index contributed by atoms with van der Waals surface area (Å²) in [5.74, 6) is -3.86. The van der Waals surface area contributed by atoms with Crippen molar-refractivity contribution >= 4 is 29.5 Å². The molecule has 42 heavy (non-hydrogen) atoms. The molecule has 2 amide bonds. The number of esters is 2. The highest BCUT2D eigenvalue weighted by Crippen LogP contribution is 2.45. The summed E-state index contributed by atoms with van der Waals surface area (Å²) >= 11 is 0. The van der Waals surface area contributed by atoms with Crippen LogP contribution in [-0.4, -0.2) is 44.2 Å². The first-order chi connectivity index (χ1) is 19.9. The van der Waals surface area contributed by atoms with Crippen LogP contribution in [0.1, 0.15) is 33.1 Å². The van der Waals surface area contributed by atoms with E-state index in [0.717, 1.165) is 6.07 Å². The second-order valence-corrected chi connectivity index (χ2v) is 8.80. The predicted octanol–water partition coefficient (Wildman–Crippen LogP) is 4.42. The Kier molecular flexibility index (Phi) is 8.12. The molecule has 0 saturated heterocycles. The van der Waals surface area contributed by atoms with E-state index in [1.807, 2.05) is 0 Å². The lowest BCUT2D eigenvalue weighted by Gasteiger charge is -2.36. The number of benzene rings is 3. The largest absolute Gasteiger partial charge is 0.493 e. The first-order valence-electron chi connectivity index (χ1n) is 12.0. The summed E-state index contributed by atoms with van der Waals surface area (Å²) in [6.07, 6.45) is -5.43.